The van der Waals surface area contributed by atoms with E-state index in [1.807, 2.05) is 48.8 Å². The molecule has 0 aliphatic rings. The minimum atomic E-state index is 0.879. The summed E-state index contributed by atoms with van der Waals surface area (Å²) in [5.41, 5.74) is 10.0. The molecule has 0 saturated heterocycles. The maximum absolute atomic E-state index is 6.56. The van der Waals surface area contributed by atoms with Crippen LogP contribution in [-0.2, 0) is 0 Å². The van der Waals surface area contributed by atoms with Gasteiger partial charge in [-0.25, -0.2) is 0 Å². The van der Waals surface area contributed by atoms with Gasteiger partial charge in [-0.15, -0.1) is 0 Å². The van der Waals surface area contributed by atoms with Crippen molar-refractivity contribution in [1.29, 1.82) is 0 Å². The highest BCUT2D eigenvalue weighted by atomic mass is 16.3. The molecule has 0 amide bonds. The smallest absolute Gasteiger partial charge is 0.143 e. The lowest BCUT2D eigenvalue weighted by atomic mass is 10.0. The van der Waals surface area contributed by atoms with E-state index < -0.39 is 0 Å². The van der Waals surface area contributed by atoms with E-state index in [-0.39, 0.29) is 0 Å². The second kappa shape index (κ2) is 8.89. The van der Waals surface area contributed by atoms with E-state index >= 15 is 0 Å². The Bertz CT molecular complexity index is 1840. The van der Waals surface area contributed by atoms with Crippen LogP contribution in [-0.4, -0.2) is 9.97 Å². The van der Waals surface area contributed by atoms with Crippen LogP contribution in [0.25, 0.3) is 66.7 Å². The van der Waals surface area contributed by atoms with Crippen LogP contribution in [0, 0.1) is 0 Å². The summed E-state index contributed by atoms with van der Waals surface area (Å²) in [6.45, 7) is 0. The van der Waals surface area contributed by atoms with E-state index in [4.69, 9.17) is 9.40 Å². The minimum Gasteiger partial charge on any atom is -0.455 e. The number of para-hydroxylation sites is 2. The number of hydrogen-bond acceptors (Lipinski definition) is 3. The van der Waals surface area contributed by atoms with Crippen molar-refractivity contribution in [3.8, 4) is 44.8 Å². The third kappa shape index (κ3) is 3.78. The molecule has 0 bridgehead atoms. The van der Waals surface area contributed by atoms with Crippen LogP contribution < -0.4 is 0 Å². The fraction of sp³-hybridized carbons (Fsp3) is 0. The number of fused-ring (bicyclic) bond motifs is 3. The number of rotatable bonds is 4. The zero-order valence-electron chi connectivity index (χ0n) is 20.0. The summed E-state index contributed by atoms with van der Waals surface area (Å²) >= 11 is 0. The van der Waals surface area contributed by atoms with Crippen LogP contribution >= 0.6 is 0 Å². The van der Waals surface area contributed by atoms with Crippen LogP contribution in [0.5, 0.6) is 0 Å². The molecule has 7 aromatic rings. The third-order valence-corrected chi connectivity index (χ3v) is 6.81. The van der Waals surface area contributed by atoms with Gasteiger partial charge < -0.3 is 4.42 Å². The summed E-state index contributed by atoms with van der Waals surface area (Å²) in [4.78, 5) is 9.42. The van der Waals surface area contributed by atoms with E-state index in [1.54, 1.807) is 0 Å². The molecule has 0 radical (unpaired) electrons. The molecule has 0 fully saturated rings. The lowest BCUT2D eigenvalue weighted by Gasteiger charge is -2.06. The monoisotopic (exact) mass is 474 g/mol. The molecule has 7 rings (SSSR count). The van der Waals surface area contributed by atoms with Gasteiger partial charge in [0.1, 0.15) is 11.2 Å². The van der Waals surface area contributed by atoms with Crippen molar-refractivity contribution in [3.63, 3.8) is 0 Å². The molecule has 3 heterocycles. The first kappa shape index (κ1) is 21.3. The van der Waals surface area contributed by atoms with E-state index in [9.17, 15) is 0 Å². The predicted octanol–water partition coefficient (Wildman–Crippen LogP) is 9.04. The molecule has 0 atom stereocenters. The number of nitrogens with zero attached hydrogens (tertiary/aromatic N) is 2. The van der Waals surface area contributed by atoms with Gasteiger partial charge in [-0.2, -0.15) is 0 Å². The molecule has 0 aliphatic heterocycles. The second-order valence-electron chi connectivity index (χ2n) is 9.06. The topological polar surface area (TPSA) is 38.9 Å². The quantitative estimate of drug-likeness (QED) is 0.255. The molecule has 0 unspecified atom stereocenters. The first-order valence-corrected chi connectivity index (χ1v) is 12.3. The molecule has 0 spiro atoms. The Balaban J connectivity index is 1.27. The van der Waals surface area contributed by atoms with Gasteiger partial charge >= 0.3 is 0 Å². The van der Waals surface area contributed by atoms with Gasteiger partial charge in [-0.05, 0) is 23.8 Å². The summed E-state index contributed by atoms with van der Waals surface area (Å²) in [6.07, 6.45) is 3.80. The van der Waals surface area contributed by atoms with Crippen LogP contribution in [0.2, 0.25) is 0 Å². The van der Waals surface area contributed by atoms with Crippen molar-refractivity contribution in [2.24, 2.45) is 0 Å². The fourth-order valence-corrected chi connectivity index (χ4v) is 4.94. The van der Waals surface area contributed by atoms with Gasteiger partial charge in [0.05, 0.1) is 11.4 Å². The normalized spacial score (nSPS) is 11.2. The lowest BCUT2D eigenvalue weighted by Crippen LogP contribution is -1.88. The molecular weight excluding hydrogens is 452 g/mol. The average molecular weight is 475 g/mol. The summed E-state index contributed by atoms with van der Waals surface area (Å²) in [5, 5.41) is 2.22. The Labute approximate surface area is 214 Å². The highest BCUT2D eigenvalue weighted by Gasteiger charge is 2.15. The van der Waals surface area contributed by atoms with Gasteiger partial charge in [-0.1, -0.05) is 103 Å². The molecular formula is C34H22N2O. The van der Waals surface area contributed by atoms with E-state index in [2.05, 4.69) is 89.9 Å². The first-order valence-electron chi connectivity index (χ1n) is 12.3. The van der Waals surface area contributed by atoms with E-state index in [0.717, 1.165) is 66.7 Å². The zero-order valence-corrected chi connectivity index (χ0v) is 20.0. The van der Waals surface area contributed by atoms with Gasteiger partial charge in [-0.3, -0.25) is 9.97 Å². The Morgan fingerprint density at radius 2 is 0.892 bits per heavy atom. The van der Waals surface area contributed by atoms with E-state index in [0.29, 0.717) is 0 Å². The summed E-state index contributed by atoms with van der Waals surface area (Å²) in [5.74, 6) is 0. The third-order valence-electron chi connectivity index (χ3n) is 6.81. The van der Waals surface area contributed by atoms with Crippen LogP contribution in [0.1, 0.15) is 0 Å². The Hall–Kier alpha value is -5.02. The molecule has 0 aliphatic carbocycles. The maximum atomic E-state index is 6.56. The second-order valence-corrected chi connectivity index (χ2v) is 9.06. The molecule has 4 aromatic carbocycles. The molecule has 174 valence electrons. The van der Waals surface area contributed by atoms with Crippen LogP contribution in [0.3, 0.4) is 0 Å². The molecule has 3 heteroatoms. The largest absolute Gasteiger partial charge is 0.455 e. The molecule has 3 aromatic heterocycles. The van der Waals surface area contributed by atoms with Crippen LogP contribution in [0.4, 0.5) is 0 Å². The summed E-state index contributed by atoms with van der Waals surface area (Å²) < 4.78 is 6.56. The van der Waals surface area contributed by atoms with Crippen molar-refractivity contribution in [3.05, 3.63) is 134 Å². The van der Waals surface area contributed by atoms with Crippen molar-refractivity contribution in [1.82, 2.24) is 9.97 Å². The highest BCUT2D eigenvalue weighted by molar-refractivity contribution is 6.12. The predicted molar refractivity (Wildman–Crippen MR) is 151 cm³/mol. The van der Waals surface area contributed by atoms with Crippen molar-refractivity contribution in [2.75, 3.05) is 0 Å². The standard InChI is InChI=1S/C34H22N2O/c1-3-9-23(10-4-1)27-13-7-15-29-30-16-8-14-28(34(30)37-33(27)29)25-17-19-32(35-21-25)26-18-20-31(36-22-26)24-11-5-2-6-12-24/h1-22H. The van der Waals surface area contributed by atoms with Crippen molar-refractivity contribution in [2.45, 2.75) is 0 Å². The fourth-order valence-electron chi connectivity index (χ4n) is 4.94. The minimum absolute atomic E-state index is 0.879. The molecule has 3 nitrogen and oxygen atoms in total. The van der Waals surface area contributed by atoms with Gasteiger partial charge in [0.15, 0.2) is 0 Å². The average Bonchev–Trinajstić information content (AvgIpc) is 3.37. The molecule has 37 heavy (non-hydrogen) atoms. The maximum Gasteiger partial charge on any atom is 0.143 e. The molecule has 0 saturated carbocycles. The Morgan fingerprint density at radius 1 is 0.378 bits per heavy atom. The Kier molecular flexibility index (Phi) is 5.11. The van der Waals surface area contributed by atoms with Gasteiger partial charge in [0, 0.05) is 51.0 Å². The highest BCUT2D eigenvalue weighted by Crippen LogP contribution is 2.39. The van der Waals surface area contributed by atoms with Gasteiger partial charge in [0.2, 0.25) is 0 Å². The summed E-state index contributed by atoms with van der Waals surface area (Å²) in [6, 6.07) is 41.5. The van der Waals surface area contributed by atoms with Crippen molar-refractivity contribution < 1.29 is 4.42 Å². The van der Waals surface area contributed by atoms with E-state index in [1.165, 1.54) is 0 Å². The number of furan rings is 1. The molecule has 0 N–H and O–H groups in total. The van der Waals surface area contributed by atoms with Crippen molar-refractivity contribution >= 4 is 21.9 Å². The number of benzene rings is 4. The zero-order chi connectivity index (χ0) is 24.6. The van der Waals surface area contributed by atoms with Gasteiger partial charge in [0.25, 0.3) is 0 Å². The van der Waals surface area contributed by atoms with Crippen LogP contribution in [0.15, 0.2) is 138 Å². The number of hydrogen-bond donors (Lipinski definition) is 0. The SMILES string of the molecule is c1ccc(-c2ccc(-c3ccc(-c4cccc5c4oc4c(-c6ccccc6)cccc45)cn3)cn2)cc1. The Morgan fingerprint density at radius 3 is 1.46 bits per heavy atom. The number of aromatic nitrogens is 2. The summed E-state index contributed by atoms with van der Waals surface area (Å²) in [7, 11) is 0. The lowest BCUT2D eigenvalue weighted by molar-refractivity contribution is 0.671. The number of pyridine rings is 2. The first-order chi connectivity index (χ1) is 18.3.